The number of rotatable bonds is 4. The third-order valence-electron chi connectivity index (χ3n) is 5.55. The molecule has 0 saturated heterocycles. The van der Waals surface area contributed by atoms with Gasteiger partial charge in [-0.3, -0.25) is 9.59 Å². The van der Waals surface area contributed by atoms with Crippen LogP contribution >= 0.6 is 0 Å². The molecule has 2 aliphatic carbocycles. The van der Waals surface area contributed by atoms with Gasteiger partial charge in [-0.15, -0.1) is 0 Å². The van der Waals surface area contributed by atoms with Crippen LogP contribution in [0.25, 0.3) is 0 Å². The highest BCUT2D eigenvalue weighted by Gasteiger charge is 2.26. The third kappa shape index (κ3) is 5.05. The molecule has 142 valence electrons. The van der Waals surface area contributed by atoms with Gasteiger partial charge in [0.25, 0.3) is 0 Å². The van der Waals surface area contributed by atoms with Crippen LogP contribution in [0.2, 0.25) is 0 Å². The largest absolute Gasteiger partial charge is 0.393 e. The summed E-state index contributed by atoms with van der Waals surface area (Å²) in [5.74, 6) is -0.0947. The number of anilines is 2. The lowest BCUT2D eigenvalue weighted by atomic mass is 9.87. The van der Waals surface area contributed by atoms with Crippen LogP contribution in [0.4, 0.5) is 11.4 Å². The van der Waals surface area contributed by atoms with Crippen LogP contribution in [-0.2, 0) is 9.59 Å². The van der Waals surface area contributed by atoms with Crippen LogP contribution in [0.5, 0.6) is 0 Å². The van der Waals surface area contributed by atoms with Crippen molar-refractivity contribution < 1.29 is 19.8 Å². The molecule has 0 unspecified atom stereocenters. The molecule has 0 aliphatic heterocycles. The molecule has 0 aromatic heterocycles. The number of amides is 2. The summed E-state index contributed by atoms with van der Waals surface area (Å²) in [6, 6.07) is 7.15. The lowest BCUT2D eigenvalue weighted by molar-refractivity contribution is -0.122. The number of hydrogen-bond acceptors (Lipinski definition) is 4. The van der Waals surface area contributed by atoms with E-state index in [1.165, 1.54) is 0 Å². The molecule has 1 aromatic rings. The lowest BCUT2D eigenvalue weighted by Gasteiger charge is -2.25. The van der Waals surface area contributed by atoms with Gasteiger partial charge in [-0.05, 0) is 75.6 Å². The van der Waals surface area contributed by atoms with Crippen molar-refractivity contribution in [1.29, 1.82) is 0 Å². The van der Waals surface area contributed by atoms with E-state index in [2.05, 4.69) is 10.6 Å². The van der Waals surface area contributed by atoms with Crippen molar-refractivity contribution in [2.24, 2.45) is 11.8 Å². The Hall–Kier alpha value is -1.92. The first-order valence-electron chi connectivity index (χ1n) is 9.59. The number of aliphatic hydroxyl groups is 2. The van der Waals surface area contributed by atoms with E-state index in [1.807, 2.05) is 0 Å². The van der Waals surface area contributed by atoms with Gasteiger partial charge in [-0.1, -0.05) is 0 Å². The Morgan fingerprint density at radius 2 is 0.962 bits per heavy atom. The van der Waals surface area contributed by atoms with Gasteiger partial charge in [0.05, 0.1) is 12.2 Å². The van der Waals surface area contributed by atoms with Crippen LogP contribution in [0, 0.1) is 11.8 Å². The summed E-state index contributed by atoms with van der Waals surface area (Å²) in [6.45, 7) is 0. The van der Waals surface area contributed by atoms with Crippen LogP contribution in [-0.4, -0.2) is 34.2 Å². The molecule has 2 saturated carbocycles. The first-order chi connectivity index (χ1) is 12.5. The van der Waals surface area contributed by atoms with Gasteiger partial charge in [0, 0.05) is 23.2 Å². The minimum atomic E-state index is -0.269. The minimum Gasteiger partial charge on any atom is -0.393 e. The van der Waals surface area contributed by atoms with Crippen molar-refractivity contribution in [2.45, 2.75) is 63.6 Å². The number of carbonyl (C=O) groups excluding carboxylic acids is 2. The quantitative estimate of drug-likeness (QED) is 0.663. The molecular formula is C20H28N2O4. The van der Waals surface area contributed by atoms with Crippen molar-refractivity contribution in [2.75, 3.05) is 10.6 Å². The normalized spacial score (nSPS) is 29.0. The summed E-state index contributed by atoms with van der Waals surface area (Å²) < 4.78 is 0. The molecule has 26 heavy (non-hydrogen) atoms. The second-order valence-electron chi connectivity index (χ2n) is 7.57. The van der Waals surface area contributed by atoms with Crippen LogP contribution in [0.3, 0.4) is 0 Å². The summed E-state index contributed by atoms with van der Waals surface area (Å²) in [4.78, 5) is 24.6. The van der Waals surface area contributed by atoms with Gasteiger partial charge in [-0.25, -0.2) is 0 Å². The van der Waals surface area contributed by atoms with E-state index in [9.17, 15) is 19.8 Å². The summed E-state index contributed by atoms with van der Waals surface area (Å²) in [5, 5.41) is 24.9. The van der Waals surface area contributed by atoms with E-state index in [0.717, 1.165) is 25.7 Å². The molecule has 2 fully saturated rings. The van der Waals surface area contributed by atoms with Crippen molar-refractivity contribution in [3.63, 3.8) is 0 Å². The van der Waals surface area contributed by atoms with Crippen molar-refractivity contribution >= 4 is 23.2 Å². The fourth-order valence-electron chi connectivity index (χ4n) is 3.80. The molecule has 0 heterocycles. The molecule has 6 nitrogen and oxygen atoms in total. The van der Waals surface area contributed by atoms with E-state index in [4.69, 9.17) is 0 Å². The van der Waals surface area contributed by atoms with Crippen molar-refractivity contribution in [3.05, 3.63) is 24.3 Å². The first kappa shape index (κ1) is 18.9. The highest BCUT2D eigenvalue weighted by molar-refractivity contribution is 5.94. The summed E-state index contributed by atoms with van der Waals surface area (Å²) >= 11 is 0. The second kappa shape index (κ2) is 8.64. The molecule has 0 spiro atoms. The predicted molar refractivity (Wildman–Crippen MR) is 99.6 cm³/mol. The lowest BCUT2D eigenvalue weighted by Crippen LogP contribution is -2.29. The maximum absolute atomic E-state index is 12.3. The molecule has 0 bridgehead atoms. The van der Waals surface area contributed by atoms with Crippen LogP contribution in [0.15, 0.2) is 24.3 Å². The fraction of sp³-hybridized carbons (Fsp3) is 0.600. The van der Waals surface area contributed by atoms with E-state index in [0.29, 0.717) is 37.1 Å². The Labute approximate surface area is 154 Å². The zero-order chi connectivity index (χ0) is 18.5. The minimum absolute atomic E-state index is 0.00514. The van der Waals surface area contributed by atoms with E-state index in [1.54, 1.807) is 24.3 Å². The summed E-state index contributed by atoms with van der Waals surface area (Å²) in [5.41, 5.74) is 1.42. The summed E-state index contributed by atoms with van der Waals surface area (Å²) in [7, 11) is 0. The molecule has 2 aliphatic rings. The van der Waals surface area contributed by atoms with E-state index in [-0.39, 0.29) is 35.9 Å². The molecule has 0 radical (unpaired) electrons. The highest BCUT2D eigenvalue weighted by Crippen LogP contribution is 2.27. The maximum Gasteiger partial charge on any atom is 0.227 e. The third-order valence-corrected chi connectivity index (χ3v) is 5.55. The van der Waals surface area contributed by atoms with Crippen LogP contribution in [0.1, 0.15) is 51.4 Å². The Balaban J connectivity index is 1.48. The van der Waals surface area contributed by atoms with Gasteiger partial charge >= 0.3 is 0 Å². The van der Waals surface area contributed by atoms with Crippen LogP contribution < -0.4 is 10.6 Å². The highest BCUT2D eigenvalue weighted by atomic mass is 16.3. The number of carbonyl (C=O) groups is 2. The number of hydrogen-bond donors (Lipinski definition) is 4. The van der Waals surface area contributed by atoms with E-state index >= 15 is 0 Å². The Morgan fingerprint density at radius 3 is 1.27 bits per heavy atom. The fourth-order valence-corrected chi connectivity index (χ4v) is 3.80. The van der Waals surface area contributed by atoms with E-state index < -0.39 is 0 Å². The first-order valence-corrected chi connectivity index (χ1v) is 9.59. The van der Waals surface area contributed by atoms with Crippen molar-refractivity contribution in [3.8, 4) is 0 Å². The average Bonchev–Trinajstić information content (AvgIpc) is 2.64. The topological polar surface area (TPSA) is 98.7 Å². The van der Waals surface area contributed by atoms with Gasteiger partial charge in [0.1, 0.15) is 0 Å². The second-order valence-corrected chi connectivity index (χ2v) is 7.57. The number of nitrogens with one attached hydrogen (secondary N) is 2. The van der Waals surface area contributed by atoms with Gasteiger partial charge in [-0.2, -0.15) is 0 Å². The smallest absolute Gasteiger partial charge is 0.227 e. The number of benzene rings is 1. The molecule has 2 amide bonds. The van der Waals surface area contributed by atoms with Gasteiger partial charge in [0.15, 0.2) is 0 Å². The summed E-state index contributed by atoms with van der Waals surface area (Å²) in [6.07, 6.45) is 5.07. The molecule has 0 atom stereocenters. The standard InChI is InChI=1S/C20H28N2O4/c23-17-9-1-13(2-10-17)19(25)21-15-5-7-16(8-6-15)22-20(26)14-3-11-18(24)12-4-14/h5-8,13-14,17-18,23-24H,1-4,9-12H2,(H,21,25)(H,22,26). The van der Waals surface area contributed by atoms with Gasteiger partial charge in [0.2, 0.25) is 11.8 Å². The Kier molecular flexibility index (Phi) is 6.27. The Morgan fingerprint density at radius 1 is 0.654 bits per heavy atom. The SMILES string of the molecule is O=C(Nc1ccc(NC(=O)C2CCC(O)CC2)cc1)C1CCC(O)CC1. The maximum atomic E-state index is 12.3. The molecule has 3 rings (SSSR count). The molecule has 4 N–H and O–H groups in total. The molecule has 6 heteroatoms. The van der Waals surface area contributed by atoms with Crippen molar-refractivity contribution in [1.82, 2.24) is 0 Å². The van der Waals surface area contributed by atoms with Gasteiger partial charge < -0.3 is 20.8 Å². The predicted octanol–water partition coefficient (Wildman–Crippen LogP) is 2.67. The molecule has 1 aromatic carbocycles. The molecular weight excluding hydrogens is 332 g/mol. The number of aliphatic hydroxyl groups excluding tert-OH is 2. The average molecular weight is 360 g/mol. The Bertz CT molecular complexity index is 560. The monoisotopic (exact) mass is 360 g/mol. The zero-order valence-electron chi connectivity index (χ0n) is 15.0. The zero-order valence-corrected chi connectivity index (χ0v) is 15.0.